The maximum atomic E-state index is 10.7. The molecule has 11 heavy (non-hydrogen) atoms. The number of carbonyl (C=O) groups is 1. The maximum Gasteiger partial charge on any atom is 0.151 e. The molecule has 0 bridgehead atoms. The van der Waals surface area contributed by atoms with Gasteiger partial charge in [-0.3, -0.25) is 0 Å². The van der Waals surface area contributed by atoms with Gasteiger partial charge >= 0.3 is 0 Å². The first-order valence-corrected chi connectivity index (χ1v) is 4.34. The molecule has 0 unspecified atom stereocenters. The zero-order valence-corrected chi connectivity index (χ0v) is 7.14. The molecule has 0 spiro atoms. The molecule has 1 aliphatic carbocycles. The Hall–Kier alpha value is -0.370. The highest BCUT2D eigenvalue weighted by Gasteiger charge is 2.29. The maximum absolute atomic E-state index is 10.7. The van der Waals surface area contributed by atoms with Crippen LogP contribution < -0.4 is 0 Å². The van der Waals surface area contributed by atoms with Crippen LogP contribution in [0.5, 0.6) is 0 Å². The first-order valence-electron chi connectivity index (χ1n) is 4.34. The van der Waals surface area contributed by atoms with Gasteiger partial charge in [-0.2, -0.15) is 0 Å². The molecule has 0 heterocycles. The van der Waals surface area contributed by atoms with Crippen LogP contribution in [0.25, 0.3) is 0 Å². The molecule has 1 aliphatic rings. The fourth-order valence-corrected chi connectivity index (χ4v) is 1.70. The number of rotatable bonds is 2. The zero-order valence-electron chi connectivity index (χ0n) is 7.14. The summed E-state index contributed by atoms with van der Waals surface area (Å²) in [7, 11) is 1.64. The lowest BCUT2D eigenvalue weighted by molar-refractivity contribution is -0.129. The second kappa shape index (κ2) is 3.86. The van der Waals surface area contributed by atoms with Gasteiger partial charge in [0.05, 0.1) is 0 Å². The third-order valence-electron chi connectivity index (χ3n) is 2.57. The van der Waals surface area contributed by atoms with Crippen LogP contribution in [-0.4, -0.2) is 19.0 Å². The Morgan fingerprint density at radius 2 is 1.73 bits per heavy atom. The Kier molecular flexibility index (Phi) is 3.06. The molecule has 0 amide bonds. The lowest BCUT2D eigenvalue weighted by Crippen LogP contribution is -2.32. The molecule has 0 radical (unpaired) electrons. The first-order chi connectivity index (χ1) is 5.33. The van der Waals surface area contributed by atoms with E-state index in [0.29, 0.717) is 0 Å². The van der Waals surface area contributed by atoms with Crippen molar-refractivity contribution in [1.29, 1.82) is 0 Å². The van der Waals surface area contributed by atoms with E-state index in [1.807, 2.05) is 0 Å². The summed E-state index contributed by atoms with van der Waals surface area (Å²) in [5, 5.41) is 0. The van der Waals surface area contributed by atoms with Crippen molar-refractivity contribution in [2.75, 3.05) is 7.11 Å². The Labute approximate surface area is 67.9 Å². The molecule has 2 heteroatoms. The van der Waals surface area contributed by atoms with Gasteiger partial charge in [-0.25, -0.2) is 0 Å². The van der Waals surface area contributed by atoms with Gasteiger partial charge in [-0.15, -0.1) is 0 Å². The predicted octanol–water partition coefficient (Wildman–Crippen LogP) is 1.92. The zero-order chi connectivity index (χ0) is 8.16. The number of hydrogen-bond donors (Lipinski definition) is 0. The van der Waals surface area contributed by atoms with Crippen LogP contribution in [-0.2, 0) is 9.53 Å². The Morgan fingerprint density at radius 1 is 1.18 bits per heavy atom. The van der Waals surface area contributed by atoms with Crippen LogP contribution in [0.2, 0.25) is 0 Å². The molecule has 0 N–H and O–H groups in total. The van der Waals surface area contributed by atoms with Crippen LogP contribution in [0.3, 0.4) is 0 Å². The molecule has 0 aromatic rings. The van der Waals surface area contributed by atoms with Gasteiger partial charge in [-0.1, -0.05) is 25.7 Å². The van der Waals surface area contributed by atoms with Crippen LogP contribution in [0.15, 0.2) is 0 Å². The quantitative estimate of drug-likeness (QED) is 0.451. The van der Waals surface area contributed by atoms with E-state index in [2.05, 4.69) is 0 Å². The molecule has 1 fully saturated rings. The van der Waals surface area contributed by atoms with E-state index in [0.717, 1.165) is 32.0 Å². The van der Waals surface area contributed by atoms with Gasteiger partial charge in [0.2, 0.25) is 0 Å². The van der Waals surface area contributed by atoms with E-state index < -0.39 is 5.60 Å². The molecule has 0 aromatic heterocycles. The molecular weight excluding hydrogens is 140 g/mol. The summed E-state index contributed by atoms with van der Waals surface area (Å²) in [6, 6.07) is 0. The van der Waals surface area contributed by atoms with Gasteiger partial charge in [0.15, 0.2) is 6.29 Å². The molecule has 0 aliphatic heterocycles. The molecule has 2 nitrogen and oxygen atoms in total. The van der Waals surface area contributed by atoms with Gasteiger partial charge in [0.1, 0.15) is 5.60 Å². The van der Waals surface area contributed by atoms with Gasteiger partial charge in [0.25, 0.3) is 0 Å². The van der Waals surface area contributed by atoms with Crippen LogP contribution in [0, 0.1) is 0 Å². The summed E-state index contributed by atoms with van der Waals surface area (Å²) in [5.41, 5.74) is -0.434. The Balaban J connectivity index is 2.55. The number of methoxy groups -OCH3 is 1. The highest BCUT2D eigenvalue weighted by Crippen LogP contribution is 2.27. The van der Waals surface area contributed by atoms with E-state index >= 15 is 0 Å². The van der Waals surface area contributed by atoms with E-state index in [9.17, 15) is 4.79 Å². The molecule has 0 saturated heterocycles. The van der Waals surface area contributed by atoms with Crippen molar-refractivity contribution in [2.45, 2.75) is 44.1 Å². The number of hydrogen-bond acceptors (Lipinski definition) is 2. The molecule has 1 saturated carbocycles. The van der Waals surface area contributed by atoms with Crippen molar-refractivity contribution in [3.63, 3.8) is 0 Å². The minimum Gasteiger partial charge on any atom is -0.371 e. The van der Waals surface area contributed by atoms with E-state index in [1.54, 1.807) is 7.11 Å². The van der Waals surface area contributed by atoms with Gasteiger partial charge in [0, 0.05) is 7.11 Å². The summed E-state index contributed by atoms with van der Waals surface area (Å²) in [5.74, 6) is 0. The summed E-state index contributed by atoms with van der Waals surface area (Å²) < 4.78 is 5.24. The molecule has 0 aromatic carbocycles. The second-order valence-corrected chi connectivity index (χ2v) is 3.30. The summed E-state index contributed by atoms with van der Waals surface area (Å²) in [6.07, 6.45) is 7.56. The lowest BCUT2D eigenvalue weighted by Gasteiger charge is -2.23. The average molecular weight is 156 g/mol. The lowest BCUT2D eigenvalue weighted by atomic mass is 9.96. The number of carbonyl (C=O) groups excluding carboxylic acids is 1. The fourth-order valence-electron chi connectivity index (χ4n) is 1.70. The smallest absolute Gasteiger partial charge is 0.151 e. The Bertz CT molecular complexity index is 124. The molecular formula is C9H16O2. The SMILES string of the molecule is COC1(C=O)CCCCCC1. The number of aldehydes is 1. The summed E-state index contributed by atoms with van der Waals surface area (Å²) >= 11 is 0. The van der Waals surface area contributed by atoms with Gasteiger partial charge in [-0.05, 0) is 12.8 Å². The van der Waals surface area contributed by atoms with Crippen molar-refractivity contribution >= 4 is 6.29 Å². The molecule has 0 atom stereocenters. The normalized spacial score (nSPS) is 24.1. The van der Waals surface area contributed by atoms with Gasteiger partial charge < -0.3 is 9.53 Å². The van der Waals surface area contributed by atoms with Crippen molar-refractivity contribution in [1.82, 2.24) is 0 Å². The minimum atomic E-state index is -0.434. The third-order valence-corrected chi connectivity index (χ3v) is 2.57. The fraction of sp³-hybridized carbons (Fsp3) is 0.889. The predicted molar refractivity (Wildman–Crippen MR) is 43.5 cm³/mol. The second-order valence-electron chi connectivity index (χ2n) is 3.30. The highest BCUT2D eigenvalue weighted by atomic mass is 16.5. The highest BCUT2D eigenvalue weighted by molar-refractivity contribution is 5.62. The molecule has 64 valence electrons. The largest absolute Gasteiger partial charge is 0.371 e. The minimum absolute atomic E-state index is 0.434. The van der Waals surface area contributed by atoms with Crippen molar-refractivity contribution in [3.05, 3.63) is 0 Å². The van der Waals surface area contributed by atoms with E-state index in [-0.39, 0.29) is 0 Å². The van der Waals surface area contributed by atoms with Crippen LogP contribution in [0.4, 0.5) is 0 Å². The van der Waals surface area contributed by atoms with Crippen molar-refractivity contribution in [2.24, 2.45) is 0 Å². The van der Waals surface area contributed by atoms with Crippen molar-refractivity contribution < 1.29 is 9.53 Å². The third kappa shape index (κ3) is 2.03. The van der Waals surface area contributed by atoms with E-state index in [1.165, 1.54) is 12.8 Å². The average Bonchev–Trinajstić information content (AvgIpc) is 2.30. The van der Waals surface area contributed by atoms with Crippen molar-refractivity contribution in [3.8, 4) is 0 Å². The summed E-state index contributed by atoms with van der Waals surface area (Å²) in [6.45, 7) is 0. The van der Waals surface area contributed by atoms with E-state index in [4.69, 9.17) is 4.74 Å². The van der Waals surface area contributed by atoms with Crippen LogP contribution in [0.1, 0.15) is 38.5 Å². The first kappa shape index (κ1) is 8.72. The topological polar surface area (TPSA) is 26.3 Å². The van der Waals surface area contributed by atoms with Crippen LogP contribution >= 0.6 is 0 Å². The summed E-state index contributed by atoms with van der Waals surface area (Å²) in [4.78, 5) is 10.7. The standard InChI is InChI=1S/C9H16O2/c1-11-9(8-10)6-4-2-3-5-7-9/h8H,2-7H2,1H3. The monoisotopic (exact) mass is 156 g/mol. The number of ether oxygens (including phenoxy) is 1. The Morgan fingerprint density at radius 3 is 2.09 bits per heavy atom. The molecule has 1 rings (SSSR count).